The second-order valence-corrected chi connectivity index (χ2v) is 6.97. The minimum atomic E-state index is -0.652. The summed E-state index contributed by atoms with van der Waals surface area (Å²) in [4.78, 5) is 11.5. The molecule has 142 valence electrons. The van der Waals surface area contributed by atoms with Crippen LogP contribution in [0.2, 0.25) is 0 Å². The molecule has 0 aromatic rings. The minimum absolute atomic E-state index is 0.144. The molecule has 0 aliphatic rings. The van der Waals surface area contributed by atoms with Crippen LogP contribution in [0.1, 0.15) is 103 Å². The Kier molecular flexibility index (Phi) is 18.1. The van der Waals surface area contributed by atoms with Gasteiger partial charge in [0, 0.05) is 19.4 Å². The topological polar surface area (TPSA) is 63.3 Å². The highest BCUT2D eigenvalue weighted by molar-refractivity contribution is 5.78. The second kappa shape index (κ2) is 18.7. The molecule has 0 aromatic carbocycles. The Labute approximate surface area is 150 Å². The average molecular weight is 340 g/mol. The molecule has 0 heterocycles. The summed E-state index contributed by atoms with van der Waals surface area (Å²) in [6.45, 7) is 2.44. The molecule has 0 fully saturated rings. The fourth-order valence-electron chi connectivity index (χ4n) is 2.84. The Morgan fingerprint density at radius 2 is 1.38 bits per heavy atom. The number of Topliss-reactive ketones (excluding diaryl/α,β-unsaturated/α-hetero) is 1. The van der Waals surface area contributed by atoms with Crippen molar-refractivity contribution in [1.82, 2.24) is 0 Å². The van der Waals surface area contributed by atoms with Crippen molar-refractivity contribution in [3.63, 3.8) is 0 Å². The number of unbranched alkanes of at least 4 members (excludes halogenated alkanes) is 11. The number of aliphatic hydroxyl groups excluding tert-OH is 1. The van der Waals surface area contributed by atoms with Crippen LogP contribution in [0.25, 0.3) is 0 Å². The standard InChI is InChI=1S/C21H41NO2/c1-2-3-4-5-6-7-8-9-10-11-12-13-14-15-16-17-20(23)18-21(24)19-22/h9-10,21,24H,2-8,11-19,22H2,1H3/b10-9-. The van der Waals surface area contributed by atoms with Crippen LogP contribution in [0.5, 0.6) is 0 Å². The summed E-state index contributed by atoms with van der Waals surface area (Å²) in [6.07, 6.45) is 21.3. The summed E-state index contributed by atoms with van der Waals surface area (Å²) in [6, 6.07) is 0. The van der Waals surface area contributed by atoms with Crippen LogP contribution >= 0.6 is 0 Å². The molecule has 3 nitrogen and oxygen atoms in total. The molecule has 0 aromatic heterocycles. The molecule has 3 heteroatoms. The van der Waals surface area contributed by atoms with E-state index in [9.17, 15) is 9.90 Å². The molecule has 0 radical (unpaired) electrons. The third-order valence-electron chi connectivity index (χ3n) is 4.45. The minimum Gasteiger partial charge on any atom is -0.391 e. The van der Waals surface area contributed by atoms with E-state index in [2.05, 4.69) is 19.1 Å². The van der Waals surface area contributed by atoms with Gasteiger partial charge in [0.15, 0.2) is 0 Å². The lowest BCUT2D eigenvalue weighted by Gasteiger charge is -2.06. The third kappa shape index (κ3) is 17.7. The highest BCUT2D eigenvalue weighted by Gasteiger charge is 2.08. The first-order valence-electron chi connectivity index (χ1n) is 10.3. The van der Waals surface area contributed by atoms with Crippen molar-refractivity contribution in [1.29, 1.82) is 0 Å². The summed E-state index contributed by atoms with van der Waals surface area (Å²) < 4.78 is 0. The Morgan fingerprint density at radius 1 is 0.875 bits per heavy atom. The highest BCUT2D eigenvalue weighted by Crippen LogP contribution is 2.10. The molecular weight excluding hydrogens is 298 g/mol. The van der Waals surface area contributed by atoms with Crippen LogP contribution < -0.4 is 5.73 Å². The van der Waals surface area contributed by atoms with E-state index in [4.69, 9.17) is 5.73 Å². The average Bonchev–Trinajstić information content (AvgIpc) is 2.58. The van der Waals surface area contributed by atoms with Crippen molar-refractivity contribution < 1.29 is 9.90 Å². The molecule has 0 rings (SSSR count). The number of ketones is 1. The van der Waals surface area contributed by atoms with Gasteiger partial charge in [-0.1, -0.05) is 70.4 Å². The van der Waals surface area contributed by atoms with E-state index in [-0.39, 0.29) is 18.7 Å². The van der Waals surface area contributed by atoms with Gasteiger partial charge in [0.2, 0.25) is 0 Å². The zero-order valence-corrected chi connectivity index (χ0v) is 16.0. The van der Waals surface area contributed by atoms with Crippen molar-refractivity contribution in [2.45, 2.75) is 109 Å². The van der Waals surface area contributed by atoms with E-state index in [0.717, 1.165) is 12.8 Å². The van der Waals surface area contributed by atoms with Crippen LogP contribution in [-0.4, -0.2) is 23.5 Å². The number of rotatable bonds is 18. The number of carbonyl (C=O) groups excluding carboxylic acids is 1. The Bertz CT molecular complexity index is 302. The molecular formula is C21H41NO2. The van der Waals surface area contributed by atoms with Gasteiger partial charge in [-0.15, -0.1) is 0 Å². The highest BCUT2D eigenvalue weighted by atomic mass is 16.3. The Balaban J connectivity index is 3.22. The first-order chi connectivity index (χ1) is 11.7. The van der Waals surface area contributed by atoms with Crippen molar-refractivity contribution in [3.05, 3.63) is 12.2 Å². The summed E-state index contributed by atoms with van der Waals surface area (Å²) in [5.74, 6) is 0.144. The van der Waals surface area contributed by atoms with E-state index >= 15 is 0 Å². The van der Waals surface area contributed by atoms with Crippen LogP contribution in [0.15, 0.2) is 12.2 Å². The van der Waals surface area contributed by atoms with Gasteiger partial charge in [0.05, 0.1) is 6.10 Å². The van der Waals surface area contributed by atoms with Crippen molar-refractivity contribution in [3.8, 4) is 0 Å². The number of nitrogens with two attached hydrogens (primary N) is 1. The van der Waals surface area contributed by atoms with E-state index < -0.39 is 6.10 Å². The van der Waals surface area contributed by atoms with E-state index in [1.165, 1.54) is 70.6 Å². The van der Waals surface area contributed by atoms with Gasteiger partial charge in [-0.05, 0) is 32.1 Å². The Morgan fingerprint density at radius 3 is 1.92 bits per heavy atom. The van der Waals surface area contributed by atoms with Crippen molar-refractivity contribution in [2.24, 2.45) is 5.73 Å². The molecule has 1 atom stereocenters. The zero-order valence-electron chi connectivity index (χ0n) is 16.0. The zero-order chi connectivity index (χ0) is 17.9. The molecule has 0 aliphatic heterocycles. The van der Waals surface area contributed by atoms with Gasteiger partial charge in [0.25, 0.3) is 0 Å². The molecule has 0 bridgehead atoms. The van der Waals surface area contributed by atoms with Gasteiger partial charge in [0.1, 0.15) is 5.78 Å². The number of aliphatic hydroxyl groups is 1. The lowest BCUT2D eigenvalue weighted by molar-refractivity contribution is -0.120. The Hall–Kier alpha value is -0.670. The molecule has 3 N–H and O–H groups in total. The maximum Gasteiger partial charge on any atom is 0.135 e. The lowest BCUT2D eigenvalue weighted by atomic mass is 10.0. The predicted molar refractivity (Wildman–Crippen MR) is 104 cm³/mol. The quantitative estimate of drug-likeness (QED) is 0.263. The number of hydrogen-bond donors (Lipinski definition) is 2. The molecule has 0 spiro atoms. The number of hydrogen-bond acceptors (Lipinski definition) is 3. The van der Waals surface area contributed by atoms with Gasteiger partial charge in [-0.2, -0.15) is 0 Å². The van der Waals surface area contributed by atoms with Crippen molar-refractivity contribution >= 4 is 5.78 Å². The maximum atomic E-state index is 11.5. The van der Waals surface area contributed by atoms with Gasteiger partial charge in [-0.3, -0.25) is 4.79 Å². The van der Waals surface area contributed by atoms with Crippen LogP contribution in [0.3, 0.4) is 0 Å². The van der Waals surface area contributed by atoms with E-state index in [1.54, 1.807) is 0 Å². The summed E-state index contributed by atoms with van der Waals surface area (Å²) in [7, 11) is 0. The largest absolute Gasteiger partial charge is 0.391 e. The van der Waals surface area contributed by atoms with E-state index in [1.807, 2.05) is 0 Å². The van der Waals surface area contributed by atoms with E-state index in [0.29, 0.717) is 6.42 Å². The SMILES string of the molecule is CCCCCCCC/C=C\CCCCCCCC(=O)CC(O)CN. The first kappa shape index (κ1) is 23.3. The van der Waals surface area contributed by atoms with Crippen LogP contribution in [0, 0.1) is 0 Å². The monoisotopic (exact) mass is 339 g/mol. The van der Waals surface area contributed by atoms with Crippen LogP contribution in [0.4, 0.5) is 0 Å². The fraction of sp³-hybridized carbons (Fsp3) is 0.857. The molecule has 0 amide bonds. The number of carbonyl (C=O) groups is 1. The molecule has 0 saturated heterocycles. The van der Waals surface area contributed by atoms with Crippen LogP contribution in [-0.2, 0) is 4.79 Å². The maximum absolute atomic E-state index is 11.5. The van der Waals surface area contributed by atoms with Gasteiger partial charge < -0.3 is 10.8 Å². The summed E-state index contributed by atoms with van der Waals surface area (Å²) in [5, 5.41) is 9.30. The molecule has 0 saturated carbocycles. The number of allylic oxidation sites excluding steroid dienone is 2. The fourth-order valence-corrected chi connectivity index (χ4v) is 2.84. The summed E-state index contributed by atoms with van der Waals surface area (Å²) >= 11 is 0. The molecule has 24 heavy (non-hydrogen) atoms. The van der Waals surface area contributed by atoms with Gasteiger partial charge in [-0.25, -0.2) is 0 Å². The summed E-state index contributed by atoms with van der Waals surface area (Å²) in [5.41, 5.74) is 5.30. The normalized spacial score (nSPS) is 12.8. The first-order valence-corrected chi connectivity index (χ1v) is 10.3. The van der Waals surface area contributed by atoms with Gasteiger partial charge >= 0.3 is 0 Å². The molecule has 1 unspecified atom stereocenters. The third-order valence-corrected chi connectivity index (χ3v) is 4.45. The molecule has 0 aliphatic carbocycles. The second-order valence-electron chi connectivity index (χ2n) is 6.97. The predicted octanol–water partition coefficient (Wildman–Crippen LogP) is 5.30. The lowest BCUT2D eigenvalue weighted by Crippen LogP contribution is -2.22. The smallest absolute Gasteiger partial charge is 0.135 e. The van der Waals surface area contributed by atoms with Crippen molar-refractivity contribution in [2.75, 3.05) is 6.54 Å².